The molecule has 0 bridgehead atoms. The van der Waals surface area contributed by atoms with Crippen molar-refractivity contribution >= 4 is 11.4 Å². The van der Waals surface area contributed by atoms with Gasteiger partial charge in [0, 0.05) is 36.8 Å². The first-order chi connectivity index (χ1) is 8.06. The van der Waals surface area contributed by atoms with Gasteiger partial charge in [0.2, 0.25) is 0 Å². The lowest BCUT2D eigenvalue weighted by Gasteiger charge is -2.22. The number of alkyl halides is 2. The molecule has 1 aromatic carbocycles. The van der Waals surface area contributed by atoms with Crippen LogP contribution in [0.25, 0.3) is 0 Å². The minimum Gasteiger partial charge on any atom is -0.399 e. The smallest absolute Gasteiger partial charge is 0.252 e. The Morgan fingerprint density at radius 2 is 1.88 bits per heavy atom. The number of halogens is 2. The maximum absolute atomic E-state index is 13.6. The first-order valence-electron chi connectivity index (χ1n) is 6.04. The summed E-state index contributed by atoms with van der Waals surface area (Å²) in [6.45, 7) is 1.23. The van der Waals surface area contributed by atoms with Crippen molar-refractivity contribution in [1.29, 1.82) is 0 Å². The molecule has 2 nitrogen and oxygen atoms in total. The lowest BCUT2D eigenvalue weighted by atomic mass is 9.99. The van der Waals surface area contributed by atoms with E-state index in [1.165, 1.54) is 0 Å². The zero-order chi connectivity index (χ0) is 12.0. The van der Waals surface area contributed by atoms with Gasteiger partial charge in [0.05, 0.1) is 0 Å². The largest absolute Gasteiger partial charge is 0.399 e. The highest BCUT2D eigenvalue weighted by Gasteiger charge is 2.53. The van der Waals surface area contributed by atoms with Crippen LogP contribution in [0.1, 0.15) is 12.8 Å². The predicted octanol–water partition coefficient (Wildman–Crippen LogP) is 2.75. The molecule has 1 aromatic rings. The Morgan fingerprint density at radius 1 is 1.18 bits per heavy atom. The second-order valence-corrected chi connectivity index (χ2v) is 5.16. The lowest BCUT2D eigenvalue weighted by molar-refractivity contribution is -0.0351. The normalized spacial score (nSPS) is 30.6. The van der Waals surface area contributed by atoms with Crippen molar-refractivity contribution in [3.05, 3.63) is 24.3 Å². The molecule has 0 amide bonds. The highest BCUT2D eigenvalue weighted by Crippen LogP contribution is 2.48. The number of nitrogens with zero attached hydrogens (tertiary/aromatic N) is 1. The van der Waals surface area contributed by atoms with Crippen LogP contribution in [0.2, 0.25) is 0 Å². The minimum atomic E-state index is -2.47. The second kappa shape index (κ2) is 3.59. The quantitative estimate of drug-likeness (QED) is 0.762. The summed E-state index contributed by atoms with van der Waals surface area (Å²) in [7, 11) is 0. The average Bonchev–Trinajstić information content (AvgIpc) is 2.82. The number of rotatable bonds is 1. The van der Waals surface area contributed by atoms with Gasteiger partial charge in [-0.25, -0.2) is 8.78 Å². The standard InChI is InChI=1S/C13H16F2N2/c14-13(15)6-5-9-7-17(8-12(9)13)11-3-1-10(16)2-4-11/h1-4,9,12H,5-8,16H2/t9-,12+/m0/s1. The van der Waals surface area contributed by atoms with E-state index >= 15 is 0 Å². The van der Waals surface area contributed by atoms with Crippen molar-refractivity contribution in [3.8, 4) is 0 Å². The highest BCUT2D eigenvalue weighted by atomic mass is 19.3. The minimum absolute atomic E-state index is 0.0674. The van der Waals surface area contributed by atoms with E-state index < -0.39 is 11.8 Å². The van der Waals surface area contributed by atoms with E-state index in [0.29, 0.717) is 18.7 Å². The molecule has 1 heterocycles. The molecule has 2 fully saturated rings. The van der Waals surface area contributed by atoms with E-state index in [9.17, 15) is 8.78 Å². The zero-order valence-corrected chi connectivity index (χ0v) is 9.57. The van der Waals surface area contributed by atoms with E-state index in [4.69, 9.17) is 5.73 Å². The van der Waals surface area contributed by atoms with Gasteiger partial charge in [-0.15, -0.1) is 0 Å². The number of nitrogen functional groups attached to an aromatic ring is 1. The molecule has 1 saturated carbocycles. The summed E-state index contributed by atoms with van der Waals surface area (Å²) >= 11 is 0. The fourth-order valence-electron chi connectivity index (χ4n) is 3.10. The Kier molecular flexibility index (Phi) is 2.28. The highest BCUT2D eigenvalue weighted by molar-refractivity contribution is 5.54. The van der Waals surface area contributed by atoms with Crippen LogP contribution in [0, 0.1) is 11.8 Å². The van der Waals surface area contributed by atoms with Gasteiger partial charge < -0.3 is 10.6 Å². The summed E-state index contributed by atoms with van der Waals surface area (Å²) in [5.41, 5.74) is 7.33. The van der Waals surface area contributed by atoms with Gasteiger partial charge in [-0.3, -0.25) is 0 Å². The van der Waals surface area contributed by atoms with Gasteiger partial charge in [0.25, 0.3) is 5.92 Å². The van der Waals surface area contributed by atoms with Crippen LogP contribution in [-0.4, -0.2) is 19.0 Å². The predicted molar refractivity (Wildman–Crippen MR) is 64.2 cm³/mol. The van der Waals surface area contributed by atoms with E-state index in [1.54, 1.807) is 0 Å². The van der Waals surface area contributed by atoms with Crippen molar-refractivity contribution in [2.45, 2.75) is 18.8 Å². The molecular weight excluding hydrogens is 222 g/mol. The SMILES string of the molecule is Nc1ccc(N2C[C@@H]3CCC(F)(F)[C@@H]3C2)cc1. The third-order valence-corrected chi connectivity index (χ3v) is 4.09. The molecule has 1 saturated heterocycles. The van der Waals surface area contributed by atoms with Gasteiger partial charge >= 0.3 is 0 Å². The first kappa shape index (κ1) is 10.8. The number of anilines is 2. The summed E-state index contributed by atoms with van der Waals surface area (Å²) in [6.07, 6.45) is 0.723. The van der Waals surface area contributed by atoms with Crippen molar-refractivity contribution in [3.63, 3.8) is 0 Å². The van der Waals surface area contributed by atoms with Crippen molar-refractivity contribution < 1.29 is 8.78 Å². The molecule has 0 aromatic heterocycles. The number of benzene rings is 1. The van der Waals surface area contributed by atoms with Crippen molar-refractivity contribution in [2.24, 2.45) is 11.8 Å². The second-order valence-electron chi connectivity index (χ2n) is 5.16. The van der Waals surface area contributed by atoms with E-state index in [-0.39, 0.29) is 12.3 Å². The monoisotopic (exact) mass is 238 g/mol. The van der Waals surface area contributed by atoms with Crippen molar-refractivity contribution in [1.82, 2.24) is 0 Å². The molecular formula is C13H16F2N2. The first-order valence-corrected chi connectivity index (χ1v) is 6.04. The molecule has 4 heteroatoms. The number of hydrogen-bond donors (Lipinski definition) is 1. The molecule has 2 atom stereocenters. The number of nitrogens with two attached hydrogens (primary N) is 1. The fourth-order valence-corrected chi connectivity index (χ4v) is 3.10. The molecule has 3 rings (SSSR count). The van der Waals surface area contributed by atoms with E-state index in [0.717, 1.165) is 12.2 Å². The molecule has 2 N–H and O–H groups in total. The summed E-state index contributed by atoms with van der Waals surface area (Å²) in [5.74, 6) is -2.77. The van der Waals surface area contributed by atoms with Gasteiger partial charge in [-0.05, 0) is 36.6 Å². The summed E-state index contributed by atoms with van der Waals surface area (Å²) in [6, 6.07) is 7.46. The molecule has 92 valence electrons. The fraction of sp³-hybridized carbons (Fsp3) is 0.538. The van der Waals surface area contributed by atoms with Gasteiger partial charge in [-0.1, -0.05) is 0 Å². The molecule has 1 aliphatic carbocycles. The summed E-state index contributed by atoms with van der Waals surface area (Å²) in [4.78, 5) is 2.06. The number of hydrogen-bond acceptors (Lipinski definition) is 2. The average molecular weight is 238 g/mol. The van der Waals surface area contributed by atoms with Crippen LogP contribution in [0.5, 0.6) is 0 Å². The zero-order valence-electron chi connectivity index (χ0n) is 9.57. The Hall–Kier alpha value is -1.32. The third-order valence-electron chi connectivity index (χ3n) is 4.09. The Morgan fingerprint density at radius 3 is 2.53 bits per heavy atom. The Balaban J connectivity index is 1.79. The third kappa shape index (κ3) is 1.75. The van der Waals surface area contributed by atoms with Gasteiger partial charge in [0.1, 0.15) is 0 Å². The van der Waals surface area contributed by atoms with Crippen LogP contribution in [0.3, 0.4) is 0 Å². The van der Waals surface area contributed by atoms with Crippen molar-refractivity contribution in [2.75, 3.05) is 23.7 Å². The molecule has 2 aliphatic rings. The van der Waals surface area contributed by atoms with Crippen LogP contribution in [0.15, 0.2) is 24.3 Å². The van der Waals surface area contributed by atoms with Gasteiger partial charge in [0.15, 0.2) is 0 Å². The molecule has 17 heavy (non-hydrogen) atoms. The van der Waals surface area contributed by atoms with E-state index in [2.05, 4.69) is 4.90 Å². The summed E-state index contributed by atoms with van der Waals surface area (Å²) < 4.78 is 27.2. The molecule has 0 radical (unpaired) electrons. The van der Waals surface area contributed by atoms with Crippen LogP contribution in [0.4, 0.5) is 20.2 Å². The van der Waals surface area contributed by atoms with Crippen LogP contribution >= 0.6 is 0 Å². The maximum Gasteiger partial charge on any atom is 0.252 e. The molecule has 0 spiro atoms. The Bertz CT molecular complexity index is 416. The molecule has 0 unspecified atom stereocenters. The van der Waals surface area contributed by atoms with E-state index in [1.807, 2.05) is 24.3 Å². The topological polar surface area (TPSA) is 29.3 Å². The van der Waals surface area contributed by atoms with Crippen LogP contribution < -0.4 is 10.6 Å². The number of fused-ring (bicyclic) bond motifs is 1. The Labute approximate surface area is 99.4 Å². The summed E-state index contributed by atoms with van der Waals surface area (Å²) in [5, 5.41) is 0. The molecule has 1 aliphatic heterocycles. The maximum atomic E-state index is 13.6. The lowest BCUT2D eigenvalue weighted by Crippen LogP contribution is -2.28. The van der Waals surface area contributed by atoms with Crippen LogP contribution in [-0.2, 0) is 0 Å². The van der Waals surface area contributed by atoms with Gasteiger partial charge in [-0.2, -0.15) is 0 Å².